The number of carbonyl (C=O) groups is 1. The Bertz CT molecular complexity index is 1110. The average molecular weight is 475 g/mol. The molecule has 0 aliphatic heterocycles. The average Bonchev–Trinajstić information content (AvgIpc) is 2.76. The number of carboxylic acid groups (broad SMARTS) is 1. The van der Waals surface area contributed by atoms with E-state index in [2.05, 4.69) is 4.74 Å². The van der Waals surface area contributed by atoms with Gasteiger partial charge in [0.2, 0.25) is 0 Å². The summed E-state index contributed by atoms with van der Waals surface area (Å²) < 4.78 is 46.6. The van der Waals surface area contributed by atoms with E-state index in [0.717, 1.165) is 27.2 Å². The Morgan fingerprint density at radius 2 is 1.67 bits per heavy atom. The van der Waals surface area contributed by atoms with Crippen molar-refractivity contribution in [2.24, 2.45) is 0 Å². The van der Waals surface area contributed by atoms with Gasteiger partial charge in [-0.3, -0.25) is 0 Å². The van der Waals surface area contributed by atoms with Crippen LogP contribution in [0.25, 0.3) is 5.57 Å². The molecule has 0 saturated heterocycles. The molecule has 0 heterocycles. The van der Waals surface area contributed by atoms with Crippen LogP contribution in [-0.4, -0.2) is 29.8 Å². The summed E-state index contributed by atoms with van der Waals surface area (Å²) in [6.07, 6.45) is -2.72. The van der Waals surface area contributed by atoms with Crippen LogP contribution in [0.3, 0.4) is 0 Å². The first-order valence-electron chi connectivity index (χ1n) is 9.91. The molecule has 0 fully saturated rings. The number of hydrogen-bond acceptors (Lipinski definition) is 4. The van der Waals surface area contributed by atoms with Crippen molar-refractivity contribution >= 4 is 23.3 Å². The third-order valence-electron chi connectivity index (χ3n) is 4.52. The highest BCUT2D eigenvalue weighted by Crippen LogP contribution is 2.30. The number of halogens is 3. The van der Waals surface area contributed by atoms with Gasteiger partial charge in [-0.1, -0.05) is 48.5 Å². The lowest BCUT2D eigenvalue weighted by Gasteiger charge is -2.12. The van der Waals surface area contributed by atoms with E-state index in [-0.39, 0.29) is 5.75 Å². The molecule has 0 aromatic heterocycles. The molecule has 0 saturated carbocycles. The van der Waals surface area contributed by atoms with Crippen LogP contribution in [0, 0.1) is 6.92 Å². The van der Waals surface area contributed by atoms with Crippen LogP contribution in [0.15, 0.2) is 83.8 Å². The summed E-state index contributed by atoms with van der Waals surface area (Å²) >= 11 is 1.57. The molecule has 0 unspecified atom stereocenters. The third-order valence-corrected chi connectivity index (χ3v) is 5.44. The molecule has 8 heteroatoms. The molecule has 3 aromatic carbocycles. The molecular weight excluding hydrogens is 453 g/mol. The maximum absolute atomic E-state index is 12.5. The highest BCUT2D eigenvalue weighted by atomic mass is 32.2. The molecule has 3 rings (SSSR count). The Balaban J connectivity index is 1.76. The molecule has 0 atom stereocenters. The van der Waals surface area contributed by atoms with Gasteiger partial charge in [-0.25, -0.2) is 4.79 Å². The van der Waals surface area contributed by atoms with E-state index in [4.69, 9.17) is 9.84 Å². The minimum atomic E-state index is -4.73. The minimum absolute atomic E-state index is 0.270. The van der Waals surface area contributed by atoms with Gasteiger partial charge < -0.3 is 14.6 Å². The highest BCUT2D eigenvalue weighted by Gasteiger charge is 2.31. The molecule has 4 nitrogen and oxygen atoms in total. The van der Waals surface area contributed by atoms with Crippen molar-refractivity contribution < 1.29 is 32.5 Å². The Kier molecular flexibility index (Phi) is 8.06. The first-order chi connectivity index (χ1) is 15.7. The predicted molar refractivity (Wildman–Crippen MR) is 122 cm³/mol. The second-order valence-electron chi connectivity index (χ2n) is 6.98. The quantitative estimate of drug-likeness (QED) is 0.355. The Labute approximate surface area is 193 Å². The third kappa shape index (κ3) is 7.61. The van der Waals surface area contributed by atoms with Crippen LogP contribution in [0.5, 0.6) is 11.5 Å². The number of thioether (sulfide) groups is 1. The number of rotatable bonds is 9. The monoisotopic (exact) mass is 474 g/mol. The lowest BCUT2D eigenvalue weighted by Crippen LogP contribution is -2.17. The van der Waals surface area contributed by atoms with Crippen LogP contribution in [0.2, 0.25) is 0 Å². The van der Waals surface area contributed by atoms with Gasteiger partial charge in [0.1, 0.15) is 11.5 Å². The Morgan fingerprint density at radius 1 is 1.00 bits per heavy atom. The van der Waals surface area contributed by atoms with Gasteiger partial charge in [-0.2, -0.15) is 0 Å². The van der Waals surface area contributed by atoms with Gasteiger partial charge in [0, 0.05) is 10.6 Å². The highest BCUT2D eigenvalue weighted by molar-refractivity contribution is 7.99. The predicted octanol–water partition coefficient (Wildman–Crippen LogP) is 6.58. The van der Waals surface area contributed by atoms with Crippen molar-refractivity contribution in [2.45, 2.75) is 18.2 Å². The van der Waals surface area contributed by atoms with E-state index in [9.17, 15) is 18.0 Å². The number of alkyl halides is 3. The van der Waals surface area contributed by atoms with Gasteiger partial charge >= 0.3 is 12.3 Å². The Hall–Kier alpha value is -3.39. The summed E-state index contributed by atoms with van der Waals surface area (Å²) in [7, 11) is 0. The van der Waals surface area contributed by atoms with Crippen LogP contribution in [-0.2, 0) is 4.79 Å². The van der Waals surface area contributed by atoms with Crippen LogP contribution < -0.4 is 9.47 Å². The number of carboxylic acids is 1. The molecule has 1 N–H and O–H groups in total. The van der Waals surface area contributed by atoms with E-state index in [0.29, 0.717) is 11.5 Å². The smallest absolute Gasteiger partial charge is 0.482 e. The van der Waals surface area contributed by atoms with Crippen LogP contribution in [0.4, 0.5) is 13.2 Å². The molecule has 33 heavy (non-hydrogen) atoms. The van der Waals surface area contributed by atoms with E-state index < -0.39 is 18.9 Å². The van der Waals surface area contributed by atoms with E-state index in [1.54, 1.807) is 30.0 Å². The van der Waals surface area contributed by atoms with Crippen molar-refractivity contribution in [1.29, 1.82) is 0 Å². The Morgan fingerprint density at radius 3 is 2.27 bits per heavy atom. The molecule has 172 valence electrons. The first-order valence-corrected chi connectivity index (χ1v) is 10.9. The second kappa shape index (κ2) is 11.0. The van der Waals surface area contributed by atoms with Gasteiger partial charge in [-0.05, 0) is 59.5 Å². The number of aliphatic carboxylic acids is 1. The number of aryl methyl sites for hydroxylation is 1. The fourth-order valence-corrected chi connectivity index (χ4v) is 3.96. The summed E-state index contributed by atoms with van der Waals surface area (Å²) in [6, 6.07) is 20.9. The molecule has 0 spiro atoms. The fourth-order valence-electron chi connectivity index (χ4n) is 3.09. The molecule has 0 aliphatic rings. The minimum Gasteiger partial charge on any atom is -0.482 e. The fraction of sp³-hybridized carbons (Fsp3) is 0.160. The lowest BCUT2D eigenvalue weighted by atomic mass is 9.98. The van der Waals surface area contributed by atoms with Crippen molar-refractivity contribution in [2.75, 3.05) is 12.4 Å². The summed E-state index contributed by atoms with van der Waals surface area (Å²) in [6.45, 7) is 1.44. The van der Waals surface area contributed by atoms with Crippen molar-refractivity contribution in [3.8, 4) is 11.5 Å². The normalized spacial score (nSPS) is 11.8. The summed E-state index contributed by atoms with van der Waals surface area (Å²) in [5.74, 6) is -0.179. The van der Waals surface area contributed by atoms with Crippen LogP contribution in [0.1, 0.15) is 16.7 Å². The summed E-state index contributed by atoms with van der Waals surface area (Å²) in [5, 5.41) is 8.75. The molecular formula is C25H21F3O4S. The van der Waals surface area contributed by atoms with Gasteiger partial charge in [0.25, 0.3) is 0 Å². The standard InChI is InChI=1S/C25H21F3O4S/c1-17-15-21(11-12-23(17)31-16-24(29)30)33-14-13-22(18-5-3-2-4-6-18)19-7-9-20(10-8-19)32-25(26,27)28/h2-13,15H,14,16H2,1H3,(H,29,30)/b22-13-. The zero-order valence-electron chi connectivity index (χ0n) is 17.6. The van der Waals surface area contributed by atoms with Crippen molar-refractivity contribution in [3.05, 3.63) is 95.6 Å². The molecule has 3 aromatic rings. The summed E-state index contributed by atoms with van der Waals surface area (Å²) in [5.41, 5.74) is 3.43. The van der Waals surface area contributed by atoms with Crippen LogP contribution >= 0.6 is 11.8 Å². The van der Waals surface area contributed by atoms with Gasteiger partial charge in [0.05, 0.1) is 0 Å². The van der Waals surface area contributed by atoms with Gasteiger partial charge in [-0.15, -0.1) is 24.9 Å². The number of hydrogen-bond donors (Lipinski definition) is 1. The van der Waals surface area contributed by atoms with Crippen molar-refractivity contribution in [3.63, 3.8) is 0 Å². The second-order valence-corrected chi connectivity index (χ2v) is 8.07. The lowest BCUT2D eigenvalue weighted by molar-refractivity contribution is -0.274. The summed E-state index contributed by atoms with van der Waals surface area (Å²) in [4.78, 5) is 11.7. The van der Waals surface area contributed by atoms with Crippen molar-refractivity contribution in [1.82, 2.24) is 0 Å². The zero-order valence-corrected chi connectivity index (χ0v) is 18.5. The molecule has 0 amide bonds. The molecule has 0 radical (unpaired) electrons. The van der Waals surface area contributed by atoms with E-state index in [1.165, 1.54) is 12.1 Å². The topological polar surface area (TPSA) is 55.8 Å². The number of benzene rings is 3. The zero-order chi connectivity index (χ0) is 23.8. The number of ether oxygens (including phenoxy) is 2. The maximum Gasteiger partial charge on any atom is 0.573 e. The van der Waals surface area contributed by atoms with E-state index in [1.807, 2.05) is 55.5 Å². The van der Waals surface area contributed by atoms with E-state index >= 15 is 0 Å². The first kappa shape index (κ1) is 24.3. The molecule has 0 bridgehead atoms. The maximum atomic E-state index is 12.5. The van der Waals surface area contributed by atoms with Gasteiger partial charge in [0.15, 0.2) is 6.61 Å². The molecule has 0 aliphatic carbocycles. The largest absolute Gasteiger partial charge is 0.573 e. The SMILES string of the molecule is Cc1cc(SC/C=C(/c2ccccc2)c2ccc(OC(F)(F)F)cc2)ccc1OCC(=O)O.